The number of thioether (sulfide) groups is 1. The fourth-order valence-corrected chi connectivity index (χ4v) is 4.67. The lowest BCUT2D eigenvalue weighted by Crippen LogP contribution is -2.33. The highest BCUT2D eigenvalue weighted by molar-refractivity contribution is 8.00. The van der Waals surface area contributed by atoms with E-state index in [1.165, 1.54) is 23.9 Å². The maximum atomic E-state index is 13.3. The van der Waals surface area contributed by atoms with Crippen LogP contribution in [0.25, 0.3) is 17.1 Å². The molecule has 2 unspecified atom stereocenters. The molecule has 0 aliphatic rings. The lowest BCUT2D eigenvalue weighted by Gasteiger charge is -2.19. The fraction of sp³-hybridized carbons (Fsp3) is 0.259. The number of benzene rings is 2. The van der Waals surface area contributed by atoms with E-state index in [9.17, 15) is 9.18 Å². The predicted octanol–water partition coefficient (Wildman–Crippen LogP) is 5.95. The smallest absolute Gasteiger partial charge is 0.233 e. The highest BCUT2D eigenvalue weighted by Gasteiger charge is 2.24. The molecule has 35 heavy (non-hydrogen) atoms. The molecule has 0 saturated carbocycles. The molecule has 4 rings (SSSR count). The minimum atomic E-state index is -0.436. The Morgan fingerprint density at radius 3 is 2.40 bits per heavy atom. The van der Waals surface area contributed by atoms with Crippen LogP contribution >= 0.6 is 11.8 Å². The number of carbonyl (C=O) groups is 1. The zero-order valence-electron chi connectivity index (χ0n) is 20.1. The van der Waals surface area contributed by atoms with Crippen molar-refractivity contribution < 1.29 is 9.18 Å². The molecule has 1 N–H and O–H groups in total. The number of hydrogen-bond donors (Lipinski definition) is 1. The minimum absolute atomic E-state index is 0.138. The molecular formula is C27H28FN5OS. The van der Waals surface area contributed by atoms with E-state index < -0.39 is 5.25 Å². The van der Waals surface area contributed by atoms with Gasteiger partial charge in [0.15, 0.2) is 11.0 Å². The molecule has 0 fully saturated rings. The Bertz CT molecular complexity index is 1290. The van der Waals surface area contributed by atoms with Gasteiger partial charge in [0.25, 0.3) is 0 Å². The highest BCUT2D eigenvalue weighted by atomic mass is 32.2. The van der Waals surface area contributed by atoms with Crippen molar-refractivity contribution in [3.05, 3.63) is 90.0 Å². The third-order valence-electron chi connectivity index (χ3n) is 5.73. The molecule has 0 aliphatic carbocycles. The summed E-state index contributed by atoms with van der Waals surface area (Å²) in [6.45, 7) is 8.01. The van der Waals surface area contributed by atoms with Crippen LogP contribution in [0.4, 0.5) is 4.39 Å². The average molecular weight is 490 g/mol. The first kappa shape index (κ1) is 24.6. The third-order valence-corrected chi connectivity index (χ3v) is 6.78. The Hall–Kier alpha value is -3.52. The van der Waals surface area contributed by atoms with Crippen molar-refractivity contribution in [3.8, 4) is 17.1 Å². The number of amides is 1. The topological polar surface area (TPSA) is 72.7 Å². The van der Waals surface area contributed by atoms with E-state index in [-0.39, 0.29) is 23.7 Å². The van der Waals surface area contributed by atoms with Crippen molar-refractivity contribution in [1.82, 2.24) is 25.1 Å². The van der Waals surface area contributed by atoms with Crippen molar-refractivity contribution in [2.45, 2.75) is 50.1 Å². The van der Waals surface area contributed by atoms with Gasteiger partial charge in [-0.3, -0.25) is 14.3 Å². The first-order chi connectivity index (χ1) is 16.8. The molecule has 1 amide bonds. The normalized spacial score (nSPS) is 13.0. The zero-order valence-corrected chi connectivity index (χ0v) is 21.0. The molecule has 0 bridgehead atoms. The number of aromatic nitrogens is 4. The molecule has 2 aromatic carbocycles. The van der Waals surface area contributed by atoms with Gasteiger partial charge in [-0.1, -0.05) is 55.9 Å². The summed E-state index contributed by atoms with van der Waals surface area (Å²) in [7, 11) is 0. The average Bonchev–Trinajstić information content (AvgIpc) is 3.28. The van der Waals surface area contributed by atoms with Gasteiger partial charge in [0, 0.05) is 18.0 Å². The van der Waals surface area contributed by atoms with E-state index in [1.54, 1.807) is 24.5 Å². The predicted molar refractivity (Wildman–Crippen MR) is 137 cm³/mol. The first-order valence-corrected chi connectivity index (χ1v) is 12.4. The Balaban J connectivity index is 1.64. The van der Waals surface area contributed by atoms with Gasteiger partial charge in [-0.2, -0.15) is 0 Å². The monoisotopic (exact) mass is 489 g/mol. The van der Waals surface area contributed by atoms with Gasteiger partial charge in [0.2, 0.25) is 5.91 Å². The van der Waals surface area contributed by atoms with Crippen LogP contribution in [0.3, 0.4) is 0 Å². The Labute approximate surface area is 209 Å². The summed E-state index contributed by atoms with van der Waals surface area (Å²) in [5.74, 6) is 0.509. The number of rotatable bonds is 8. The van der Waals surface area contributed by atoms with Crippen molar-refractivity contribution in [3.63, 3.8) is 0 Å². The lowest BCUT2D eigenvalue weighted by atomic mass is 10.0. The Morgan fingerprint density at radius 2 is 1.71 bits per heavy atom. The standard InChI is InChI=1S/C27H28FN5OS/c1-17(2)23-9-5-6-10-24(23)33-25(21-8-7-15-29-16-21)31-32-27(33)35-19(4)26(34)30-18(3)20-11-13-22(28)14-12-20/h5-19H,1-4H3,(H,30,34). The van der Waals surface area contributed by atoms with Gasteiger partial charge in [0.1, 0.15) is 5.82 Å². The van der Waals surface area contributed by atoms with Crippen molar-refractivity contribution in [2.75, 3.05) is 0 Å². The molecule has 2 atom stereocenters. The van der Waals surface area contributed by atoms with E-state index >= 15 is 0 Å². The SMILES string of the molecule is CC(Sc1nnc(-c2cccnc2)n1-c1ccccc1C(C)C)C(=O)NC(C)c1ccc(F)cc1. The fourth-order valence-electron chi connectivity index (χ4n) is 3.80. The van der Waals surface area contributed by atoms with Crippen LogP contribution in [0.5, 0.6) is 0 Å². The Kier molecular flexibility index (Phi) is 7.60. The summed E-state index contributed by atoms with van der Waals surface area (Å²) >= 11 is 1.35. The first-order valence-electron chi connectivity index (χ1n) is 11.5. The van der Waals surface area contributed by atoms with Crippen LogP contribution in [0.1, 0.15) is 50.8 Å². The number of nitrogens with zero attached hydrogens (tertiary/aromatic N) is 4. The van der Waals surface area contributed by atoms with Gasteiger partial charge in [0.05, 0.1) is 17.0 Å². The van der Waals surface area contributed by atoms with E-state index in [0.29, 0.717) is 11.0 Å². The van der Waals surface area contributed by atoms with Gasteiger partial charge in [-0.25, -0.2) is 4.39 Å². The second-order valence-electron chi connectivity index (χ2n) is 8.64. The molecule has 8 heteroatoms. The molecule has 6 nitrogen and oxygen atoms in total. The number of nitrogens with one attached hydrogen (secondary N) is 1. The number of carbonyl (C=O) groups excluding carboxylic acids is 1. The van der Waals surface area contributed by atoms with Gasteiger partial charge >= 0.3 is 0 Å². The minimum Gasteiger partial charge on any atom is -0.349 e. The van der Waals surface area contributed by atoms with E-state index in [1.807, 2.05) is 48.7 Å². The maximum Gasteiger partial charge on any atom is 0.233 e. The molecule has 0 aliphatic heterocycles. The number of hydrogen-bond acceptors (Lipinski definition) is 5. The molecule has 2 aromatic heterocycles. The quantitative estimate of drug-likeness (QED) is 0.310. The van der Waals surface area contributed by atoms with Crippen molar-refractivity contribution >= 4 is 17.7 Å². The molecular weight excluding hydrogens is 461 g/mol. The summed E-state index contributed by atoms with van der Waals surface area (Å²) < 4.78 is 15.3. The number of halogens is 1. The summed E-state index contributed by atoms with van der Waals surface area (Å²) in [5.41, 5.74) is 3.81. The number of pyridine rings is 1. The van der Waals surface area contributed by atoms with Gasteiger partial charge in [-0.05, 0) is 61.2 Å². The summed E-state index contributed by atoms with van der Waals surface area (Å²) in [6.07, 6.45) is 3.48. The van der Waals surface area contributed by atoms with Crippen LogP contribution in [0, 0.1) is 5.82 Å². The molecule has 4 aromatic rings. The van der Waals surface area contributed by atoms with Crippen LogP contribution in [-0.2, 0) is 4.79 Å². The maximum absolute atomic E-state index is 13.3. The van der Waals surface area contributed by atoms with Gasteiger partial charge < -0.3 is 5.32 Å². The van der Waals surface area contributed by atoms with E-state index in [0.717, 1.165) is 22.4 Å². The lowest BCUT2D eigenvalue weighted by molar-refractivity contribution is -0.120. The van der Waals surface area contributed by atoms with Crippen LogP contribution in [0.2, 0.25) is 0 Å². The molecule has 0 radical (unpaired) electrons. The largest absolute Gasteiger partial charge is 0.349 e. The summed E-state index contributed by atoms with van der Waals surface area (Å²) in [6, 6.07) is 17.9. The van der Waals surface area contributed by atoms with Crippen molar-refractivity contribution in [2.24, 2.45) is 0 Å². The van der Waals surface area contributed by atoms with Crippen molar-refractivity contribution in [1.29, 1.82) is 0 Å². The molecule has 180 valence electrons. The second-order valence-corrected chi connectivity index (χ2v) is 9.95. The van der Waals surface area contributed by atoms with E-state index in [2.05, 4.69) is 40.4 Å². The highest BCUT2D eigenvalue weighted by Crippen LogP contribution is 2.33. The molecule has 0 saturated heterocycles. The van der Waals surface area contributed by atoms with E-state index in [4.69, 9.17) is 0 Å². The molecule has 0 spiro atoms. The van der Waals surface area contributed by atoms with Gasteiger partial charge in [-0.15, -0.1) is 10.2 Å². The van der Waals surface area contributed by atoms with Crippen LogP contribution in [0.15, 0.2) is 78.2 Å². The zero-order chi connectivity index (χ0) is 24.9. The summed E-state index contributed by atoms with van der Waals surface area (Å²) in [5, 5.41) is 12.1. The van der Waals surface area contributed by atoms with Crippen LogP contribution in [-0.4, -0.2) is 30.9 Å². The Morgan fingerprint density at radius 1 is 0.971 bits per heavy atom. The number of para-hydroxylation sites is 1. The van der Waals surface area contributed by atoms with Crippen LogP contribution < -0.4 is 5.32 Å². The third kappa shape index (κ3) is 5.59. The summed E-state index contributed by atoms with van der Waals surface area (Å²) in [4.78, 5) is 17.3. The molecule has 2 heterocycles. The second kappa shape index (κ2) is 10.8.